The van der Waals surface area contributed by atoms with Gasteiger partial charge in [-0.2, -0.15) is 10.1 Å². The number of nitrogens with zero attached hydrogens (tertiary/aromatic N) is 5. The van der Waals surface area contributed by atoms with Crippen LogP contribution in [0.15, 0.2) is 24.7 Å². The van der Waals surface area contributed by atoms with Gasteiger partial charge in [-0.15, -0.1) is 0 Å². The van der Waals surface area contributed by atoms with Gasteiger partial charge < -0.3 is 20.1 Å². The summed E-state index contributed by atoms with van der Waals surface area (Å²) in [5, 5.41) is 16.8. The summed E-state index contributed by atoms with van der Waals surface area (Å²) >= 11 is 0. The number of hydrogen-bond donors (Lipinski definition) is 2. The van der Waals surface area contributed by atoms with Crippen LogP contribution in [0, 0.1) is 5.41 Å². The largest absolute Gasteiger partial charge is 0.465 e. The molecule has 1 saturated heterocycles. The first-order valence-corrected chi connectivity index (χ1v) is 8.49. The summed E-state index contributed by atoms with van der Waals surface area (Å²) in [6.07, 6.45) is 4.75. The van der Waals surface area contributed by atoms with Crippen molar-refractivity contribution in [2.75, 3.05) is 11.9 Å². The molecule has 0 spiro atoms. The highest BCUT2D eigenvalue weighted by Gasteiger charge is 2.44. The molecule has 26 heavy (non-hydrogen) atoms. The molecule has 2 unspecified atom stereocenters. The van der Waals surface area contributed by atoms with Crippen LogP contribution in [0.3, 0.4) is 0 Å². The summed E-state index contributed by atoms with van der Waals surface area (Å²) in [4.78, 5) is 21.7. The molecular weight excluding hydrogens is 336 g/mol. The number of carboxylic acid groups (broad SMARTS) is 1. The number of carbonyl (C=O) groups is 1. The smallest absolute Gasteiger partial charge is 0.407 e. The van der Waals surface area contributed by atoms with Gasteiger partial charge in [0.05, 0.1) is 24.5 Å². The second-order valence-corrected chi connectivity index (χ2v) is 7.50. The van der Waals surface area contributed by atoms with Crippen molar-refractivity contribution in [3.63, 3.8) is 0 Å². The zero-order chi connectivity index (χ0) is 18.9. The third-order valence-electron chi connectivity index (χ3n) is 4.38. The van der Waals surface area contributed by atoms with E-state index in [9.17, 15) is 9.90 Å². The zero-order valence-electron chi connectivity index (χ0n) is 15.4. The number of ether oxygens (including phenoxy) is 1. The van der Waals surface area contributed by atoms with Gasteiger partial charge in [0.25, 0.3) is 0 Å². The Morgan fingerprint density at radius 2 is 2.19 bits per heavy atom. The lowest BCUT2D eigenvalue weighted by Crippen LogP contribution is -2.49. The number of likely N-dealkylation sites (tertiary alicyclic amines) is 1. The van der Waals surface area contributed by atoms with Crippen molar-refractivity contribution in [3.05, 3.63) is 24.7 Å². The molecule has 0 aliphatic carbocycles. The number of nitrogens with one attached hydrogen (secondary N) is 1. The molecule has 1 aliphatic heterocycles. The summed E-state index contributed by atoms with van der Waals surface area (Å²) in [7, 11) is 1.81. The van der Waals surface area contributed by atoms with Crippen LogP contribution in [-0.4, -0.2) is 54.5 Å². The molecule has 2 aromatic rings. The number of aromatic nitrogens is 4. The number of anilines is 1. The minimum atomic E-state index is -0.899. The lowest BCUT2D eigenvalue weighted by Gasteiger charge is -2.37. The SMILES string of the molecule is Cn1cc(Oc2ccnc(NC3CCN(C(=O)O)C3C(C)(C)C)n2)cn1. The van der Waals surface area contributed by atoms with Gasteiger partial charge in [0.2, 0.25) is 11.8 Å². The van der Waals surface area contributed by atoms with Gasteiger partial charge in [0.15, 0.2) is 5.75 Å². The van der Waals surface area contributed by atoms with Gasteiger partial charge in [-0.1, -0.05) is 20.8 Å². The molecule has 2 atom stereocenters. The van der Waals surface area contributed by atoms with Crippen molar-refractivity contribution in [2.45, 2.75) is 39.3 Å². The van der Waals surface area contributed by atoms with E-state index >= 15 is 0 Å². The molecule has 3 rings (SSSR count). The highest BCUT2D eigenvalue weighted by Crippen LogP contribution is 2.34. The lowest BCUT2D eigenvalue weighted by atomic mass is 9.83. The van der Waals surface area contributed by atoms with E-state index in [1.807, 2.05) is 20.8 Å². The van der Waals surface area contributed by atoms with Crippen LogP contribution in [0.5, 0.6) is 11.6 Å². The monoisotopic (exact) mass is 360 g/mol. The highest BCUT2D eigenvalue weighted by molar-refractivity contribution is 5.66. The molecule has 2 N–H and O–H groups in total. The van der Waals surface area contributed by atoms with E-state index in [1.54, 1.807) is 36.4 Å². The molecule has 140 valence electrons. The first kappa shape index (κ1) is 18.0. The Hall–Kier alpha value is -2.84. The molecule has 9 heteroatoms. The van der Waals surface area contributed by atoms with Crippen molar-refractivity contribution in [1.29, 1.82) is 0 Å². The van der Waals surface area contributed by atoms with E-state index in [1.165, 1.54) is 4.90 Å². The normalized spacial score (nSPS) is 20.2. The van der Waals surface area contributed by atoms with Crippen LogP contribution >= 0.6 is 0 Å². The van der Waals surface area contributed by atoms with E-state index in [0.29, 0.717) is 30.5 Å². The molecule has 0 aromatic carbocycles. The van der Waals surface area contributed by atoms with E-state index in [0.717, 1.165) is 0 Å². The van der Waals surface area contributed by atoms with E-state index < -0.39 is 6.09 Å². The Morgan fingerprint density at radius 3 is 2.81 bits per heavy atom. The Morgan fingerprint density at radius 1 is 1.42 bits per heavy atom. The van der Waals surface area contributed by atoms with Crippen LogP contribution in [0.4, 0.5) is 10.7 Å². The molecular formula is C17H24N6O3. The Kier molecular flexibility index (Phi) is 4.71. The quantitative estimate of drug-likeness (QED) is 0.863. The van der Waals surface area contributed by atoms with Gasteiger partial charge in [-0.05, 0) is 11.8 Å². The molecule has 0 radical (unpaired) electrons. The maximum absolute atomic E-state index is 11.6. The summed E-state index contributed by atoms with van der Waals surface area (Å²) in [6.45, 7) is 6.60. The molecule has 1 fully saturated rings. The molecule has 0 bridgehead atoms. The third-order valence-corrected chi connectivity index (χ3v) is 4.38. The van der Waals surface area contributed by atoms with Crippen LogP contribution in [0.2, 0.25) is 0 Å². The van der Waals surface area contributed by atoms with E-state index in [4.69, 9.17) is 4.74 Å². The van der Waals surface area contributed by atoms with Crippen molar-refractivity contribution in [1.82, 2.24) is 24.6 Å². The topological polar surface area (TPSA) is 105 Å². The van der Waals surface area contributed by atoms with Gasteiger partial charge in [0.1, 0.15) is 0 Å². The van der Waals surface area contributed by atoms with Crippen molar-refractivity contribution in [3.8, 4) is 11.6 Å². The maximum Gasteiger partial charge on any atom is 0.407 e. The van der Waals surface area contributed by atoms with Crippen LogP contribution in [0.25, 0.3) is 0 Å². The summed E-state index contributed by atoms with van der Waals surface area (Å²) in [6, 6.07) is 1.42. The first-order valence-electron chi connectivity index (χ1n) is 8.49. The van der Waals surface area contributed by atoms with E-state index in [-0.39, 0.29) is 17.5 Å². The fourth-order valence-electron chi connectivity index (χ4n) is 3.44. The lowest BCUT2D eigenvalue weighted by molar-refractivity contribution is 0.103. The minimum Gasteiger partial charge on any atom is -0.465 e. The van der Waals surface area contributed by atoms with Crippen LogP contribution in [-0.2, 0) is 7.05 Å². The molecule has 0 saturated carbocycles. The zero-order valence-corrected chi connectivity index (χ0v) is 15.4. The van der Waals surface area contributed by atoms with Gasteiger partial charge in [0, 0.05) is 25.9 Å². The van der Waals surface area contributed by atoms with Crippen molar-refractivity contribution >= 4 is 12.0 Å². The second kappa shape index (κ2) is 6.81. The van der Waals surface area contributed by atoms with Crippen molar-refractivity contribution in [2.24, 2.45) is 12.5 Å². The summed E-state index contributed by atoms with van der Waals surface area (Å²) in [5.74, 6) is 1.40. The Balaban J connectivity index is 1.75. The molecule has 1 aliphatic rings. The van der Waals surface area contributed by atoms with Gasteiger partial charge >= 0.3 is 6.09 Å². The number of amides is 1. The summed E-state index contributed by atoms with van der Waals surface area (Å²) in [5.41, 5.74) is -0.212. The van der Waals surface area contributed by atoms with E-state index in [2.05, 4.69) is 20.4 Å². The summed E-state index contributed by atoms with van der Waals surface area (Å²) < 4.78 is 7.32. The standard InChI is InChI=1S/C17H24N6O3/c1-17(2,3)14-12(6-8-23(14)16(24)25)20-15-18-7-5-13(21-15)26-11-9-19-22(4)10-11/h5,7,9-10,12,14H,6,8H2,1-4H3,(H,24,25)(H,18,20,21). The fraction of sp³-hybridized carbons (Fsp3) is 0.529. The van der Waals surface area contributed by atoms with Gasteiger partial charge in [-0.25, -0.2) is 9.78 Å². The fourth-order valence-corrected chi connectivity index (χ4v) is 3.44. The number of rotatable bonds is 4. The highest BCUT2D eigenvalue weighted by atomic mass is 16.5. The number of hydrogen-bond acceptors (Lipinski definition) is 6. The Labute approximate surface area is 152 Å². The predicted octanol–water partition coefficient (Wildman–Crippen LogP) is 2.58. The first-order chi connectivity index (χ1) is 12.2. The van der Waals surface area contributed by atoms with Crippen LogP contribution < -0.4 is 10.1 Å². The molecule has 2 aromatic heterocycles. The molecule has 1 amide bonds. The molecule has 9 nitrogen and oxygen atoms in total. The average molecular weight is 360 g/mol. The number of aryl methyl sites for hydroxylation is 1. The Bertz CT molecular complexity index is 785. The maximum atomic E-state index is 11.6. The molecule has 3 heterocycles. The van der Waals surface area contributed by atoms with Crippen molar-refractivity contribution < 1.29 is 14.6 Å². The third kappa shape index (κ3) is 3.87. The predicted molar refractivity (Wildman–Crippen MR) is 95.3 cm³/mol. The van der Waals surface area contributed by atoms with Gasteiger partial charge in [-0.3, -0.25) is 4.68 Å². The van der Waals surface area contributed by atoms with Crippen LogP contribution in [0.1, 0.15) is 27.2 Å². The second-order valence-electron chi connectivity index (χ2n) is 7.50. The average Bonchev–Trinajstić information content (AvgIpc) is 3.14. The minimum absolute atomic E-state index is 0.0697.